The van der Waals surface area contributed by atoms with Crippen LogP contribution in [0.2, 0.25) is 0 Å². The van der Waals surface area contributed by atoms with Gasteiger partial charge in [-0.1, -0.05) is 197 Å². The summed E-state index contributed by atoms with van der Waals surface area (Å²) in [5, 5.41) is 40.0. The van der Waals surface area contributed by atoms with Crippen LogP contribution in [0, 0.1) is 0 Å². The van der Waals surface area contributed by atoms with Crippen LogP contribution in [-0.4, -0.2) is 88.4 Å². The molecule has 0 amide bonds. The molecule has 6 atom stereocenters. The Hall–Kier alpha value is -2.83. The van der Waals surface area contributed by atoms with E-state index in [1.54, 1.807) is 0 Å². The highest BCUT2D eigenvalue weighted by Crippen LogP contribution is 2.23. The molecule has 0 spiro atoms. The summed E-state index contributed by atoms with van der Waals surface area (Å²) in [7, 11) is 0. The van der Waals surface area contributed by atoms with Gasteiger partial charge in [-0.2, -0.15) is 0 Å². The van der Waals surface area contributed by atoms with Gasteiger partial charge >= 0.3 is 17.9 Å². The first-order valence-corrected chi connectivity index (χ1v) is 27.2. The van der Waals surface area contributed by atoms with Crippen LogP contribution < -0.4 is 0 Å². The average molecular weight is 947 g/mol. The predicted octanol–water partition coefficient (Wildman–Crippen LogP) is 13.3. The third-order valence-electron chi connectivity index (χ3n) is 12.4. The predicted molar refractivity (Wildman–Crippen MR) is 271 cm³/mol. The lowest BCUT2D eigenvalue weighted by atomic mass is 9.99. The largest absolute Gasteiger partial charge is 0.479 e. The number of aliphatic hydroxyl groups excluding tert-OH is 3. The van der Waals surface area contributed by atoms with Crippen molar-refractivity contribution in [3.05, 3.63) is 48.6 Å². The van der Waals surface area contributed by atoms with Crippen molar-refractivity contribution in [3.8, 4) is 0 Å². The van der Waals surface area contributed by atoms with Gasteiger partial charge in [0.1, 0.15) is 24.9 Å². The number of unbranched alkanes of at least 4 members (excludes halogenated alkanes) is 27. The number of aliphatic hydroxyl groups is 3. The monoisotopic (exact) mass is 947 g/mol. The summed E-state index contributed by atoms with van der Waals surface area (Å²) in [4.78, 5) is 37.0. The minimum atomic E-state index is -1.86. The number of aliphatic carboxylic acids is 1. The topological polar surface area (TPSA) is 169 Å². The number of carbonyl (C=O) groups is 3. The number of carboxylic acids is 1. The summed E-state index contributed by atoms with van der Waals surface area (Å²) in [6.07, 6.45) is 47.3. The zero-order chi connectivity index (χ0) is 48.8. The van der Waals surface area contributed by atoms with E-state index in [2.05, 4.69) is 62.5 Å². The van der Waals surface area contributed by atoms with Crippen molar-refractivity contribution in [2.24, 2.45) is 0 Å². The van der Waals surface area contributed by atoms with Crippen molar-refractivity contribution in [2.75, 3.05) is 13.2 Å². The molecule has 0 bridgehead atoms. The number of esters is 2. The smallest absolute Gasteiger partial charge is 0.335 e. The normalized spacial score (nSPS) is 19.3. The summed E-state index contributed by atoms with van der Waals surface area (Å²) in [6, 6.07) is 0. The van der Waals surface area contributed by atoms with E-state index < -0.39 is 61.3 Å². The molecule has 1 aliphatic rings. The Morgan fingerprint density at radius 3 is 1.25 bits per heavy atom. The number of carbonyl (C=O) groups excluding carboxylic acids is 2. The maximum atomic E-state index is 12.8. The van der Waals surface area contributed by atoms with Crippen molar-refractivity contribution in [1.82, 2.24) is 0 Å². The van der Waals surface area contributed by atoms with E-state index in [0.717, 1.165) is 64.2 Å². The van der Waals surface area contributed by atoms with Gasteiger partial charge in [0.2, 0.25) is 0 Å². The standard InChI is InChI=1S/C56H98O11/c1-3-5-7-9-11-13-15-17-19-21-23-24-25-26-27-29-30-32-34-36-38-40-42-44-49(57)64-46-48(47-65-56-53(61)51(59)52(60)54(67-56)55(62)63)66-50(58)45-43-41-39-37-35-33-31-28-22-20-18-16-14-12-10-8-6-4-2/h14-17,20-23,48,51-54,56,59-61H,3-13,18-19,24-47H2,1-2H3,(H,62,63)/b16-14-,17-15-,22-20-,23-21-. The van der Waals surface area contributed by atoms with Gasteiger partial charge in [0.05, 0.1) is 6.61 Å². The zero-order valence-electron chi connectivity index (χ0n) is 42.4. The Balaban J connectivity index is 2.27. The summed E-state index contributed by atoms with van der Waals surface area (Å²) in [6.45, 7) is 3.81. The van der Waals surface area contributed by atoms with Crippen LogP contribution >= 0.6 is 0 Å². The Morgan fingerprint density at radius 2 is 0.836 bits per heavy atom. The SMILES string of the molecule is CCCCCC/C=C\C/C=C\CCCCCCCCCC(=O)OC(COC(=O)CCCCCCCCCCCCC/C=C\C/C=C\CCCCCCC)COC1OC(C(=O)O)C(O)C(O)C1O. The molecule has 0 aliphatic carbocycles. The number of hydrogen-bond acceptors (Lipinski definition) is 10. The van der Waals surface area contributed by atoms with E-state index in [4.69, 9.17) is 18.9 Å². The first-order chi connectivity index (χ1) is 32.7. The Bertz CT molecular complexity index is 1300. The van der Waals surface area contributed by atoms with E-state index in [0.29, 0.717) is 12.8 Å². The van der Waals surface area contributed by atoms with Gasteiger partial charge in [-0.05, 0) is 77.0 Å². The van der Waals surface area contributed by atoms with Crippen LogP contribution in [0.15, 0.2) is 48.6 Å². The van der Waals surface area contributed by atoms with Crippen LogP contribution in [0.5, 0.6) is 0 Å². The molecule has 67 heavy (non-hydrogen) atoms. The van der Waals surface area contributed by atoms with Gasteiger partial charge in [-0.25, -0.2) is 4.79 Å². The van der Waals surface area contributed by atoms with Crippen LogP contribution in [0.25, 0.3) is 0 Å². The molecular weight excluding hydrogens is 849 g/mol. The Kier molecular flexibility index (Phi) is 42.3. The molecule has 0 saturated carbocycles. The number of carboxylic acid groups (broad SMARTS) is 1. The third kappa shape index (κ3) is 36.8. The molecule has 388 valence electrons. The number of rotatable bonds is 46. The molecule has 11 nitrogen and oxygen atoms in total. The van der Waals surface area contributed by atoms with E-state index in [1.807, 2.05) is 0 Å². The Labute approximate surface area is 407 Å². The molecule has 1 heterocycles. The van der Waals surface area contributed by atoms with Gasteiger partial charge in [0.15, 0.2) is 18.5 Å². The minimum Gasteiger partial charge on any atom is -0.479 e. The van der Waals surface area contributed by atoms with Crippen molar-refractivity contribution in [3.63, 3.8) is 0 Å². The second kappa shape index (κ2) is 45.6. The molecule has 0 radical (unpaired) electrons. The molecule has 0 aromatic heterocycles. The quantitative estimate of drug-likeness (QED) is 0.0260. The first-order valence-electron chi connectivity index (χ1n) is 27.2. The number of ether oxygens (including phenoxy) is 4. The molecule has 1 aliphatic heterocycles. The highest BCUT2D eigenvalue weighted by Gasteiger charge is 2.47. The van der Waals surface area contributed by atoms with Gasteiger partial charge in [-0.15, -0.1) is 0 Å². The van der Waals surface area contributed by atoms with Gasteiger partial charge in [0.25, 0.3) is 0 Å². The van der Waals surface area contributed by atoms with Crippen LogP contribution in [0.3, 0.4) is 0 Å². The fourth-order valence-electron chi connectivity index (χ4n) is 8.12. The van der Waals surface area contributed by atoms with E-state index >= 15 is 0 Å². The van der Waals surface area contributed by atoms with Crippen LogP contribution in [-0.2, 0) is 33.3 Å². The molecule has 6 unspecified atom stereocenters. The second-order valence-electron chi connectivity index (χ2n) is 18.7. The maximum absolute atomic E-state index is 12.8. The van der Waals surface area contributed by atoms with Crippen molar-refractivity contribution >= 4 is 17.9 Å². The molecule has 4 N–H and O–H groups in total. The highest BCUT2D eigenvalue weighted by molar-refractivity contribution is 5.73. The number of allylic oxidation sites excluding steroid dienone is 8. The van der Waals surface area contributed by atoms with Crippen molar-refractivity contribution in [1.29, 1.82) is 0 Å². The third-order valence-corrected chi connectivity index (χ3v) is 12.4. The van der Waals surface area contributed by atoms with Gasteiger partial charge in [-0.3, -0.25) is 9.59 Å². The lowest BCUT2D eigenvalue weighted by Gasteiger charge is -2.38. The molecule has 0 aromatic carbocycles. The zero-order valence-corrected chi connectivity index (χ0v) is 42.4. The van der Waals surface area contributed by atoms with Gasteiger partial charge < -0.3 is 39.4 Å². The molecule has 1 saturated heterocycles. The average Bonchev–Trinajstić information content (AvgIpc) is 3.31. The molecule has 11 heteroatoms. The molecule has 0 aromatic rings. The maximum Gasteiger partial charge on any atom is 0.335 e. The van der Waals surface area contributed by atoms with Crippen LogP contribution in [0.4, 0.5) is 0 Å². The van der Waals surface area contributed by atoms with Crippen LogP contribution in [0.1, 0.15) is 239 Å². The van der Waals surface area contributed by atoms with Crippen molar-refractivity contribution in [2.45, 2.75) is 275 Å². The van der Waals surface area contributed by atoms with Gasteiger partial charge in [0, 0.05) is 12.8 Å². The summed E-state index contributed by atoms with van der Waals surface area (Å²) >= 11 is 0. The summed E-state index contributed by atoms with van der Waals surface area (Å²) < 4.78 is 21.8. The summed E-state index contributed by atoms with van der Waals surface area (Å²) in [5.41, 5.74) is 0. The Morgan fingerprint density at radius 1 is 0.463 bits per heavy atom. The first kappa shape index (κ1) is 62.2. The van der Waals surface area contributed by atoms with E-state index in [-0.39, 0.29) is 19.4 Å². The minimum absolute atomic E-state index is 0.173. The second-order valence-corrected chi connectivity index (χ2v) is 18.7. The highest BCUT2D eigenvalue weighted by atomic mass is 16.7. The van der Waals surface area contributed by atoms with E-state index in [9.17, 15) is 34.8 Å². The molecular formula is C56H98O11. The summed E-state index contributed by atoms with van der Waals surface area (Å²) in [5.74, 6) is -2.45. The lowest BCUT2D eigenvalue weighted by Crippen LogP contribution is -2.60. The molecule has 1 rings (SSSR count). The fraction of sp³-hybridized carbons (Fsp3) is 0.804. The van der Waals surface area contributed by atoms with E-state index in [1.165, 1.54) is 135 Å². The fourth-order valence-corrected chi connectivity index (χ4v) is 8.12. The molecule has 1 fully saturated rings. The lowest BCUT2D eigenvalue weighted by molar-refractivity contribution is -0.298. The number of hydrogen-bond donors (Lipinski definition) is 4. The van der Waals surface area contributed by atoms with Crippen molar-refractivity contribution < 1.29 is 53.8 Å².